The van der Waals surface area contributed by atoms with Crippen molar-refractivity contribution in [2.45, 2.75) is 13.5 Å². The van der Waals surface area contributed by atoms with Gasteiger partial charge in [0, 0.05) is 17.2 Å². The van der Waals surface area contributed by atoms with Crippen LogP contribution in [0.15, 0.2) is 40.5 Å². The molecule has 0 saturated heterocycles. The number of nitrogens with zero attached hydrogens (tertiary/aromatic N) is 1. The molecule has 1 N–H and O–H groups in total. The van der Waals surface area contributed by atoms with Crippen LogP contribution in [0.4, 0.5) is 0 Å². The number of aryl methyl sites for hydroxylation is 1. The highest BCUT2D eigenvalue weighted by Crippen LogP contribution is 2.13. The number of hydrogen-bond acceptors (Lipinski definition) is 3. The third-order valence-corrected chi connectivity index (χ3v) is 3.65. The molecular formula is C14H13NO3S. The molecule has 1 aromatic carbocycles. The molecule has 0 unspecified atom stereocenters. The van der Waals surface area contributed by atoms with Crippen molar-refractivity contribution in [1.82, 2.24) is 4.57 Å². The van der Waals surface area contributed by atoms with Crippen molar-refractivity contribution >= 4 is 23.4 Å². The minimum Gasteiger partial charge on any atom is -0.478 e. The average molecular weight is 275 g/mol. The molecule has 98 valence electrons. The number of aromatic nitrogens is 1. The summed E-state index contributed by atoms with van der Waals surface area (Å²) in [5.41, 5.74) is 2.64. The molecule has 1 aromatic heterocycles. The largest absolute Gasteiger partial charge is 0.478 e. The van der Waals surface area contributed by atoms with E-state index < -0.39 is 5.97 Å². The number of carboxylic acid groups (broad SMARTS) is 1. The van der Waals surface area contributed by atoms with Crippen molar-refractivity contribution in [3.05, 3.63) is 62.2 Å². The SMILES string of the molecule is Cc1csc(=O)n1Cc1ccccc1/C=C/C(=O)O. The van der Waals surface area contributed by atoms with Crippen molar-refractivity contribution < 1.29 is 9.90 Å². The Morgan fingerprint density at radius 2 is 2.16 bits per heavy atom. The van der Waals surface area contributed by atoms with Gasteiger partial charge in [0.2, 0.25) is 0 Å². The molecule has 0 aliphatic carbocycles. The summed E-state index contributed by atoms with van der Waals surface area (Å²) in [6.45, 7) is 2.34. The number of benzene rings is 1. The first-order valence-corrected chi connectivity index (χ1v) is 6.60. The molecule has 0 atom stereocenters. The molecule has 5 heteroatoms. The molecule has 0 fully saturated rings. The van der Waals surface area contributed by atoms with Crippen LogP contribution in [-0.4, -0.2) is 15.6 Å². The number of carbonyl (C=O) groups is 1. The van der Waals surface area contributed by atoms with E-state index in [-0.39, 0.29) is 4.87 Å². The van der Waals surface area contributed by atoms with Gasteiger partial charge in [-0.1, -0.05) is 35.6 Å². The molecule has 0 amide bonds. The zero-order valence-corrected chi connectivity index (χ0v) is 11.2. The zero-order valence-electron chi connectivity index (χ0n) is 10.4. The Hall–Kier alpha value is -2.14. The lowest BCUT2D eigenvalue weighted by Crippen LogP contribution is -2.15. The molecule has 2 aromatic rings. The van der Waals surface area contributed by atoms with E-state index in [9.17, 15) is 9.59 Å². The summed E-state index contributed by atoms with van der Waals surface area (Å²) in [4.78, 5) is 22.3. The number of carboxylic acids is 1. The number of thiazole rings is 1. The highest BCUT2D eigenvalue weighted by atomic mass is 32.1. The normalized spacial score (nSPS) is 11.0. The van der Waals surface area contributed by atoms with Gasteiger partial charge in [-0.05, 0) is 24.1 Å². The number of aliphatic carboxylic acids is 1. The summed E-state index contributed by atoms with van der Waals surface area (Å²) < 4.78 is 1.68. The van der Waals surface area contributed by atoms with Gasteiger partial charge >= 0.3 is 10.8 Å². The molecule has 0 radical (unpaired) electrons. The smallest absolute Gasteiger partial charge is 0.328 e. The van der Waals surface area contributed by atoms with Crippen LogP contribution in [-0.2, 0) is 11.3 Å². The summed E-state index contributed by atoms with van der Waals surface area (Å²) >= 11 is 1.17. The third-order valence-electron chi connectivity index (χ3n) is 2.77. The van der Waals surface area contributed by atoms with Crippen LogP contribution >= 0.6 is 11.3 Å². The van der Waals surface area contributed by atoms with Crippen molar-refractivity contribution in [1.29, 1.82) is 0 Å². The van der Waals surface area contributed by atoms with Gasteiger partial charge in [-0.15, -0.1) is 0 Å². The third kappa shape index (κ3) is 3.20. The molecule has 19 heavy (non-hydrogen) atoms. The molecular weight excluding hydrogens is 262 g/mol. The molecule has 0 bridgehead atoms. The van der Waals surface area contributed by atoms with E-state index in [2.05, 4.69) is 0 Å². The second-order valence-corrected chi connectivity index (χ2v) is 4.92. The van der Waals surface area contributed by atoms with Gasteiger partial charge < -0.3 is 5.11 Å². The van der Waals surface area contributed by atoms with Gasteiger partial charge in [0.1, 0.15) is 0 Å². The maximum atomic E-state index is 11.7. The fourth-order valence-electron chi connectivity index (χ4n) is 1.77. The van der Waals surface area contributed by atoms with Gasteiger partial charge in [-0.3, -0.25) is 9.36 Å². The Morgan fingerprint density at radius 3 is 2.79 bits per heavy atom. The molecule has 2 rings (SSSR count). The van der Waals surface area contributed by atoms with E-state index in [0.717, 1.165) is 22.9 Å². The number of rotatable bonds is 4. The Kier molecular flexibility index (Phi) is 3.97. The van der Waals surface area contributed by atoms with Crippen LogP contribution in [0, 0.1) is 6.92 Å². The van der Waals surface area contributed by atoms with Gasteiger partial charge in [0.25, 0.3) is 0 Å². The molecule has 4 nitrogen and oxygen atoms in total. The zero-order chi connectivity index (χ0) is 13.8. The summed E-state index contributed by atoms with van der Waals surface area (Å²) in [6.07, 6.45) is 2.65. The van der Waals surface area contributed by atoms with Crippen LogP contribution in [0.5, 0.6) is 0 Å². The van der Waals surface area contributed by atoms with E-state index in [1.54, 1.807) is 10.6 Å². The summed E-state index contributed by atoms with van der Waals surface area (Å²) in [6, 6.07) is 7.45. The van der Waals surface area contributed by atoms with E-state index in [1.165, 1.54) is 11.3 Å². The summed E-state index contributed by atoms with van der Waals surface area (Å²) in [7, 11) is 0. The van der Waals surface area contributed by atoms with Crippen LogP contribution in [0.1, 0.15) is 16.8 Å². The Bertz CT molecular complexity index is 682. The van der Waals surface area contributed by atoms with Gasteiger partial charge in [-0.2, -0.15) is 0 Å². The first-order valence-electron chi connectivity index (χ1n) is 5.72. The first kappa shape index (κ1) is 13.3. The Balaban J connectivity index is 2.36. The minimum atomic E-state index is -0.987. The summed E-state index contributed by atoms with van der Waals surface area (Å²) in [5, 5.41) is 10.5. The van der Waals surface area contributed by atoms with Crippen LogP contribution in [0.2, 0.25) is 0 Å². The Labute approximate surface area is 114 Å². The number of hydrogen-bond donors (Lipinski definition) is 1. The topological polar surface area (TPSA) is 59.3 Å². The first-order chi connectivity index (χ1) is 9.08. The van der Waals surface area contributed by atoms with Gasteiger partial charge in [0.15, 0.2) is 0 Å². The fourth-order valence-corrected chi connectivity index (χ4v) is 2.50. The fraction of sp³-hybridized carbons (Fsp3) is 0.143. The van der Waals surface area contributed by atoms with Crippen molar-refractivity contribution in [2.75, 3.05) is 0 Å². The second-order valence-electron chi connectivity index (χ2n) is 4.10. The molecule has 0 aliphatic rings. The highest BCUT2D eigenvalue weighted by Gasteiger charge is 2.06. The van der Waals surface area contributed by atoms with Crippen molar-refractivity contribution in [2.24, 2.45) is 0 Å². The van der Waals surface area contributed by atoms with E-state index in [0.29, 0.717) is 6.54 Å². The lowest BCUT2D eigenvalue weighted by atomic mass is 10.1. The van der Waals surface area contributed by atoms with Crippen LogP contribution in [0.3, 0.4) is 0 Å². The maximum absolute atomic E-state index is 11.7. The predicted octanol–water partition coefficient (Wildman–Crippen LogP) is 2.36. The van der Waals surface area contributed by atoms with Crippen molar-refractivity contribution in [3.63, 3.8) is 0 Å². The molecule has 0 aliphatic heterocycles. The average Bonchev–Trinajstić information content (AvgIpc) is 2.69. The van der Waals surface area contributed by atoms with Crippen molar-refractivity contribution in [3.8, 4) is 0 Å². The lowest BCUT2D eigenvalue weighted by molar-refractivity contribution is -0.131. The monoisotopic (exact) mass is 275 g/mol. The second kappa shape index (κ2) is 5.67. The van der Waals surface area contributed by atoms with E-state index >= 15 is 0 Å². The van der Waals surface area contributed by atoms with Gasteiger partial charge in [0.05, 0.1) is 6.54 Å². The summed E-state index contributed by atoms with van der Waals surface area (Å²) in [5.74, 6) is -0.987. The predicted molar refractivity (Wildman–Crippen MR) is 75.5 cm³/mol. The molecule has 0 saturated carbocycles. The van der Waals surface area contributed by atoms with Crippen LogP contribution in [0.25, 0.3) is 6.08 Å². The standard InChI is InChI=1S/C14H13NO3S/c1-10-9-19-14(18)15(10)8-12-5-3-2-4-11(12)6-7-13(16)17/h2-7,9H,8H2,1H3,(H,16,17)/b7-6+. The quantitative estimate of drug-likeness (QED) is 0.871. The van der Waals surface area contributed by atoms with Crippen LogP contribution < -0.4 is 4.87 Å². The van der Waals surface area contributed by atoms with E-state index in [1.807, 2.05) is 36.6 Å². The Morgan fingerprint density at radius 1 is 1.42 bits per heavy atom. The lowest BCUT2D eigenvalue weighted by Gasteiger charge is -2.08. The maximum Gasteiger partial charge on any atom is 0.328 e. The minimum absolute atomic E-state index is 0.00508. The highest BCUT2D eigenvalue weighted by molar-refractivity contribution is 7.07. The molecule has 0 spiro atoms. The molecule has 1 heterocycles. The van der Waals surface area contributed by atoms with E-state index in [4.69, 9.17) is 5.11 Å². The van der Waals surface area contributed by atoms with Gasteiger partial charge in [-0.25, -0.2) is 4.79 Å².